The molecule has 0 amide bonds. The van der Waals surface area contributed by atoms with Crippen molar-refractivity contribution in [3.63, 3.8) is 0 Å². The molecule has 0 radical (unpaired) electrons. The second-order valence-electron chi connectivity index (χ2n) is 2.92. The lowest BCUT2D eigenvalue weighted by atomic mass is 10.2. The van der Waals surface area contributed by atoms with Crippen LogP contribution in [0.25, 0.3) is 0 Å². The van der Waals surface area contributed by atoms with Crippen LogP contribution < -0.4 is 0 Å². The summed E-state index contributed by atoms with van der Waals surface area (Å²) in [6.45, 7) is 0.566. The van der Waals surface area contributed by atoms with E-state index in [0.29, 0.717) is 0 Å². The third-order valence-corrected chi connectivity index (χ3v) is 1.75. The van der Waals surface area contributed by atoms with Crippen molar-refractivity contribution in [2.24, 2.45) is 0 Å². The lowest BCUT2D eigenvalue weighted by Crippen LogP contribution is -1.92. The molecule has 6 nitrogen and oxygen atoms in total. The predicted octanol–water partition coefficient (Wildman–Crippen LogP) is 1.15. The maximum absolute atomic E-state index is 9.24. The van der Waals surface area contributed by atoms with Crippen LogP contribution in [0.1, 0.15) is 25.7 Å². The summed E-state index contributed by atoms with van der Waals surface area (Å²) < 4.78 is 0. The zero-order valence-electron chi connectivity index (χ0n) is 10.0. The van der Waals surface area contributed by atoms with Crippen molar-refractivity contribution < 1.29 is 30.0 Å². The first kappa shape index (κ1) is 22.6. The van der Waals surface area contributed by atoms with Gasteiger partial charge in [0.15, 0.2) is 0 Å². The molecule has 0 aromatic rings. The Kier molecular flexibility index (Phi) is 27.2. The quantitative estimate of drug-likeness (QED) is 0.414. The van der Waals surface area contributed by atoms with Crippen LogP contribution in [-0.4, -0.2) is 57.3 Å². The minimum Gasteiger partial charge on any atom is -0.480 e. The van der Waals surface area contributed by atoms with Gasteiger partial charge in [-0.3, -0.25) is 9.59 Å². The Hall–Kier alpha value is -0.560. The van der Waals surface area contributed by atoms with E-state index in [4.69, 9.17) is 43.6 Å². The number of aliphatic hydroxyl groups excluding tert-OH is 2. The van der Waals surface area contributed by atoms with E-state index in [1.807, 2.05) is 0 Å². The monoisotopic (exact) mass is 306 g/mol. The van der Waals surface area contributed by atoms with Gasteiger partial charge in [-0.15, -0.1) is 23.2 Å². The van der Waals surface area contributed by atoms with E-state index in [9.17, 15) is 9.59 Å². The lowest BCUT2D eigenvalue weighted by Gasteiger charge is -1.93. The number of rotatable bonds is 7. The number of aliphatic hydroxyl groups is 2. The van der Waals surface area contributed by atoms with Crippen LogP contribution in [0.3, 0.4) is 0 Å². The normalized spacial score (nSPS) is 8.44. The third-order valence-electron chi connectivity index (χ3n) is 1.29. The molecule has 110 valence electrons. The van der Waals surface area contributed by atoms with Gasteiger partial charge in [-0.2, -0.15) is 0 Å². The van der Waals surface area contributed by atoms with Crippen LogP contribution in [0.5, 0.6) is 0 Å². The fourth-order valence-corrected chi connectivity index (χ4v) is 0.577. The molecule has 0 bridgehead atoms. The molecule has 0 heterocycles. The molecular weight excluding hydrogens is 287 g/mol. The van der Waals surface area contributed by atoms with Crippen molar-refractivity contribution in [1.29, 1.82) is 0 Å². The number of aliphatic carboxylic acids is 2. The number of carbonyl (C=O) groups is 2. The Morgan fingerprint density at radius 3 is 1.06 bits per heavy atom. The fraction of sp³-hybridized carbons (Fsp3) is 0.800. The Labute approximate surface area is 116 Å². The standard InChI is InChI=1S/C6H14O2.2C2H3ClO2/c7-5-3-1-2-4-6-8;2*3-1-2(4)5/h7-8H,1-6H2;2*1H2,(H,4,5). The molecule has 0 saturated carbocycles. The Balaban J connectivity index is -0.000000197. The number of carboxylic acid groups (broad SMARTS) is 2. The van der Waals surface area contributed by atoms with Crippen molar-refractivity contribution in [1.82, 2.24) is 0 Å². The first-order valence-corrected chi connectivity index (χ1v) is 6.30. The maximum atomic E-state index is 9.24. The first-order chi connectivity index (χ1) is 8.45. The van der Waals surface area contributed by atoms with Gasteiger partial charge in [0.2, 0.25) is 0 Å². The highest BCUT2D eigenvalue weighted by molar-refractivity contribution is 6.26. The molecule has 0 saturated heterocycles. The average Bonchev–Trinajstić information content (AvgIpc) is 2.36. The summed E-state index contributed by atoms with van der Waals surface area (Å²) in [6.07, 6.45) is 3.83. The van der Waals surface area contributed by atoms with Crippen LogP contribution in [0.15, 0.2) is 0 Å². The lowest BCUT2D eigenvalue weighted by molar-refractivity contribution is -0.135. The molecule has 8 heteroatoms. The number of hydrogen-bond acceptors (Lipinski definition) is 4. The van der Waals surface area contributed by atoms with E-state index in [1.165, 1.54) is 0 Å². The highest BCUT2D eigenvalue weighted by atomic mass is 35.5. The molecular formula is C10H20Cl2O6. The SMILES string of the molecule is O=C(O)CCl.O=C(O)CCl.OCCCCCCO. The van der Waals surface area contributed by atoms with E-state index in [0.717, 1.165) is 25.7 Å². The van der Waals surface area contributed by atoms with Crippen LogP contribution in [0.2, 0.25) is 0 Å². The first-order valence-electron chi connectivity index (χ1n) is 5.23. The summed E-state index contributed by atoms with van der Waals surface area (Å²) in [5.74, 6) is -2.57. The van der Waals surface area contributed by atoms with Gasteiger partial charge >= 0.3 is 11.9 Å². The minimum absolute atomic E-state index is 0.283. The molecule has 0 atom stereocenters. The highest BCUT2D eigenvalue weighted by Crippen LogP contribution is 1.96. The highest BCUT2D eigenvalue weighted by Gasteiger charge is 1.85. The predicted molar refractivity (Wildman–Crippen MR) is 69.4 cm³/mol. The Bertz CT molecular complexity index is 169. The minimum atomic E-state index is -0.980. The van der Waals surface area contributed by atoms with Crippen molar-refractivity contribution in [2.75, 3.05) is 25.0 Å². The molecule has 0 aromatic carbocycles. The van der Waals surface area contributed by atoms with E-state index in [1.54, 1.807) is 0 Å². The van der Waals surface area contributed by atoms with Gasteiger partial charge in [0.05, 0.1) is 0 Å². The molecule has 0 aromatic heterocycles. The second-order valence-corrected chi connectivity index (χ2v) is 3.45. The summed E-state index contributed by atoms with van der Waals surface area (Å²) in [7, 11) is 0. The topological polar surface area (TPSA) is 115 Å². The average molecular weight is 307 g/mol. The van der Waals surface area contributed by atoms with Crippen molar-refractivity contribution >= 4 is 35.1 Å². The molecule has 4 N–H and O–H groups in total. The van der Waals surface area contributed by atoms with Gasteiger partial charge in [-0.1, -0.05) is 12.8 Å². The molecule has 0 unspecified atom stereocenters. The molecule has 0 fully saturated rings. The number of halogens is 2. The van der Waals surface area contributed by atoms with E-state index in [-0.39, 0.29) is 25.0 Å². The molecule has 0 aliphatic carbocycles. The molecule has 18 heavy (non-hydrogen) atoms. The van der Waals surface area contributed by atoms with Gasteiger partial charge < -0.3 is 20.4 Å². The van der Waals surface area contributed by atoms with Crippen LogP contribution in [-0.2, 0) is 9.59 Å². The number of unbranched alkanes of at least 4 members (excludes halogenated alkanes) is 3. The Morgan fingerprint density at radius 2 is 0.944 bits per heavy atom. The van der Waals surface area contributed by atoms with Gasteiger partial charge in [0.1, 0.15) is 11.8 Å². The van der Waals surface area contributed by atoms with E-state index in [2.05, 4.69) is 0 Å². The van der Waals surface area contributed by atoms with Gasteiger partial charge in [-0.05, 0) is 12.8 Å². The molecule has 0 aliphatic rings. The smallest absolute Gasteiger partial charge is 0.318 e. The van der Waals surface area contributed by atoms with Gasteiger partial charge in [-0.25, -0.2) is 0 Å². The van der Waals surface area contributed by atoms with Crippen molar-refractivity contribution in [3.05, 3.63) is 0 Å². The summed E-state index contributed by atoms with van der Waals surface area (Å²) >= 11 is 9.47. The molecule has 0 aliphatic heterocycles. The summed E-state index contributed by atoms with van der Waals surface area (Å²) in [5, 5.41) is 31.8. The van der Waals surface area contributed by atoms with Crippen molar-refractivity contribution in [2.45, 2.75) is 25.7 Å². The van der Waals surface area contributed by atoms with E-state index >= 15 is 0 Å². The molecule has 0 rings (SSSR count). The number of alkyl halides is 2. The van der Waals surface area contributed by atoms with E-state index < -0.39 is 11.9 Å². The van der Waals surface area contributed by atoms with Crippen molar-refractivity contribution in [3.8, 4) is 0 Å². The van der Waals surface area contributed by atoms with Crippen LogP contribution in [0, 0.1) is 0 Å². The van der Waals surface area contributed by atoms with Gasteiger partial charge in [0.25, 0.3) is 0 Å². The Morgan fingerprint density at radius 1 is 0.722 bits per heavy atom. The van der Waals surface area contributed by atoms with Gasteiger partial charge in [0, 0.05) is 13.2 Å². The van der Waals surface area contributed by atoms with Crippen LogP contribution >= 0.6 is 23.2 Å². The summed E-state index contributed by atoms with van der Waals surface area (Å²) in [5.41, 5.74) is 0. The molecule has 0 spiro atoms. The third kappa shape index (κ3) is 45.2. The zero-order chi connectivity index (χ0) is 14.8. The summed E-state index contributed by atoms with van der Waals surface area (Å²) in [6, 6.07) is 0. The number of hydrogen-bond donors (Lipinski definition) is 4. The largest absolute Gasteiger partial charge is 0.480 e. The maximum Gasteiger partial charge on any atom is 0.318 e. The number of carboxylic acids is 2. The van der Waals surface area contributed by atoms with Crippen LogP contribution in [0.4, 0.5) is 0 Å². The second kappa shape index (κ2) is 21.7. The zero-order valence-corrected chi connectivity index (χ0v) is 11.5. The summed E-state index contributed by atoms with van der Waals surface area (Å²) in [4.78, 5) is 18.5. The fourth-order valence-electron chi connectivity index (χ4n) is 0.577.